The number of amides is 1. The molecule has 144 valence electrons. The Bertz CT molecular complexity index is 989. The zero-order valence-electron chi connectivity index (χ0n) is 15.5. The number of nitrogens with one attached hydrogen (secondary N) is 2. The maximum absolute atomic E-state index is 13.9. The second-order valence-electron chi connectivity index (χ2n) is 6.92. The summed E-state index contributed by atoms with van der Waals surface area (Å²) in [4.78, 5) is 20.0. The van der Waals surface area contributed by atoms with Crippen molar-refractivity contribution in [3.63, 3.8) is 0 Å². The van der Waals surface area contributed by atoms with Crippen LogP contribution in [0.2, 0.25) is 0 Å². The number of aromatic nitrogens is 2. The van der Waals surface area contributed by atoms with Gasteiger partial charge in [-0.15, -0.1) is 0 Å². The van der Waals surface area contributed by atoms with Gasteiger partial charge in [0.15, 0.2) is 6.61 Å². The Labute approximate surface area is 162 Å². The molecule has 4 rings (SSSR count). The Morgan fingerprint density at radius 3 is 2.75 bits per heavy atom. The number of anilines is 1. The van der Waals surface area contributed by atoms with Gasteiger partial charge >= 0.3 is 0 Å². The van der Waals surface area contributed by atoms with Crippen molar-refractivity contribution in [2.24, 2.45) is 0 Å². The molecule has 1 amide bonds. The van der Waals surface area contributed by atoms with Gasteiger partial charge in [0, 0.05) is 17.5 Å². The number of rotatable bonds is 7. The summed E-state index contributed by atoms with van der Waals surface area (Å²) in [5, 5.41) is 6.83. The standard InChI is InChI=1S/C21H21FN4O2/c1-13(25-21-17-3-2-4-18(22)20(17)23-12-24-21)14-5-9-16(10-6-14)28-11-19(27)26-15-7-8-15/h2-6,9-10,12-13,15H,7-8,11H2,1H3,(H,26,27)(H,23,24,25)/t13-/m1/s1. The molecule has 1 heterocycles. The first-order chi connectivity index (χ1) is 13.6. The Kier molecular flexibility index (Phi) is 5.06. The average Bonchev–Trinajstić information content (AvgIpc) is 3.51. The van der Waals surface area contributed by atoms with Crippen molar-refractivity contribution in [1.29, 1.82) is 0 Å². The van der Waals surface area contributed by atoms with Gasteiger partial charge in [-0.2, -0.15) is 0 Å². The van der Waals surface area contributed by atoms with Gasteiger partial charge in [0.1, 0.15) is 29.2 Å². The third kappa shape index (κ3) is 4.19. The van der Waals surface area contributed by atoms with Crippen LogP contribution in [0.5, 0.6) is 5.75 Å². The smallest absolute Gasteiger partial charge is 0.258 e. The van der Waals surface area contributed by atoms with Crippen LogP contribution in [0, 0.1) is 5.82 Å². The van der Waals surface area contributed by atoms with Crippen molar-refractivity contribution in [1.82, 2.24) is 15.3 Å². The van der Waals surface area contributed by atoms with Gasteiger partial charge in [0.25, 0.3) is 5.91 Å². The zero-order chi connectivity index (χ0) is 19.5. The fraction of sp³-hybridized carbons (Fsp3) is 0.286. The molecule has 2 N–H and O–H groups in total. The highest BCUT2D eigenvalue weighted by atomic mass is 19.1. The summed E-state index contributed by atoms with van der Waals surface area (Å²) in [6.07, 6.45) is 3.46. The van der Waals surface area contributed by atoms with E-state index >= 15 is 0 Å². The third-order valence-corrected chi connectivity index (χ3v) is 4.66. The van der Waals surface area contributed by atoms with Crippen LogP contribution in [-0.4, -0.2) is 28.5 Å². The van der Waals surface area contributed by atoms with E-state index in [1.165, 1.54) is 12.4 Å². The molecular weight excluding hydrogens is 359 g/mol. The average molecular weight is 380 g/mol. The molecule has 28 heavy (non-hydrogen) atoms. The maximum Gasteiger partial charge on any atom is 0.258 e. The van der Waals surface area contributed by atoms with Crippen molar-refractivity contribution in [2.75, 3.05) is 11.9 Å². The third-order valence-electron chi connectivity index (χ3n) is 4.66. The number of benzene rings is 2. The van der Waals surface area contributed by atoms with Gasteiger partial charge < -0.3 is 15.4 Å². The molecule has 1 atom stereocenters. The van der Waals surface area contributed by atoms with E-state index in [4.69, 9.17) is 4.74 Å². The van der Waals surface area contributed by atoms with Crippen LogP contribution in [0.1, 0.15) is 31.4 Å². The summed E-state index contributed by atoms with van der Waals surface area (Å²) in [6.45, 7) is 2.01. The minimum Gasteiger partial charge on any atom is -0.484 e. The van der Waals surface area contributed by atoms with Crippen LogP contribution in [0.4, 0.5) is 10.2 Å². The largest absolute Gasteiger partial charge is 0.484 e. The molecule has 0 unspecified atom stereocenters. The lowest BCUT2D eigenvalue weighted by atomic mass is 10.1. The number of nitrogens with zero attached hydrogens (tertiary/aromatic N) is 2. The van der Waals surface area contributed by atoms with E-state index in [0.29, 0.717) is 28.5 Å². The first kappa shape index (κ1) is 18.2. The first-order valence-corrected chi connectivity index (χ1v) is 9.28. The highest BCUT2D eigenvalue weighted by molar-refractivity contribution is 5.89. The van der Waals surface area contributed by atoms with Crippen LogP contribution >= 0.6 is 0 Å². The van der Waals surface area contributed by atoms with Gasteiger partial charge in [-0.3, -0.25) is 4.79 Å². The van der Waals surface area contributed by atoms with Crippen LogP contribution in [0.3, 0.4) is 0 Å². The topological polar surface area (TPSA) is 76.1 Å². The van der Waals surface area contributed by atoms with E-state index < -0.39 is 0 Å². The van der Waals surface area contributed by atoms with Crippen molar-refractivity contribution in [3.8, 4) is 5.75 Å². The molecule has 3 aromatic rings. The molecule has 0 spiro atoms. The fourth-order valence-corrected chi connectivity index (χ4v) is 2.95. The van der Waals surface area contributed by atoms with Gasteiger partial charge in [0.05, 0.1) is 0 Å². The molecule has 0 radical (unpaired) electrons. The van der Waals surface area contributed by atoms with Crippen molar-refractivity contribution < 1.29 is 13.9 Å². The minimum atomic E-state index is -0.372. The molecule has 1 aliphatic rings. The second kappa shape index (κ2) is 7.80. The van der Waals surface area contributed by atoms with E-state index in [1.54, 1.807) is 12.1 Å². The summed E-state index contributed by atoms with van der Waals surface area (Å²) in [6, 6.07) is 12.6. The van der Waals surface area contributed by atoms with Crippen LogP contribution in [0.15, 0.2) is 48.8 Å². The SMILES string of the molecule is C[C@@H](Nc1ncnc2c(F)cccc12)c1ccc(OCC(=O)NC2CC2)cc1. The predicted molar refractivity (Wildman–Crippen MR) is 105 cm³/mol. The summed E-state index contributed by atoms with van der Waals surface area (Å²) in [7, 11) is 0. The monoisotopic (exact) mass is 380 g/mol. The predicted octanol–water partition coefficient (Wildman–Crippen LogP) is 3.60. The maximum atomic E-state index is 13.9. The molecule has 1 fully saturated rings. The van der Waals surface area contributed by atoms with E-state index in [9.17, 15) is 9.18 Å². The Morgan fingerprint density at radius 2 is 2.00 bits per heavy atom. The molecule has 0 aliphatic heterocycles. The molecule has 0 saturated heterocycles. The van der Waals surface area contributed by atoms with Gasteiger partial charge in [-0.25, -0.2) is 14.4 Å². The number of carbonyl (C=O) groups excluding carboxylic acids is 1. The molecule has 7 heteroatoms. The number of ether oxygens (including phenoxy) is 1. The molecule has 2 aromatic carbocycles. The molecule has 1 aromatic heterocycles. The van der Waals surface area contributed by atoms with Crippen LogP contribution in [-0.2, 0) is 4.79 Å². The lowest BCUT2D eigenvalue weighted by molar-refractivity contribution is -0.123. The highest BCUT2D eigenvalue weighted by Crippen LogP contribution is 2.26. The van der Waals surface area contributed by atoms with Gasteiger partial charge in [-0.1, -0.05) is 18.2 Å². The molecule has 6 nitrogen and oxygen atoms in total. The Balaban J connectivity index is 1.40. The summed E-state index contributed by atoms with van der Waals surface area (Å²) < 4.78 is 19.4. The lowest BCUT2D eigenvalue weighted by Crippen LogP contribution is -2.30. The van der Waals surface area contributed by atoms with E-state index in [-0.39, 0.29) is 24.4 Å². The van der Waals surface area contributed by atoms with E-state index in [1.807, 2.05) is 31.2 Å². The Hall–Kier alpha value is -3.22. The minimum absolute atomic E-state index is 0.0160. The van der Waals surface area contributed by atoms with Crippen molar-refractivity contribution in [2.45, 2.75) is 31.8 Å². The molecular formula is C21H21FN4O2. The molecule has 0 bridgehead atoms. The summed E-state index contributed by atoms with van der Waals surface area (Å²) in [5.74, 6) is 0.748. The van der Waals surface area contributed by atoms with E-state index in [2.05, 4.69) is 20.6 Å². The number of para-hydroxylation sites is 1. The normalized spacial score (nSPS) is 14.5. The Morgan fingerprint density at radius 1 is 1.21 bits per heavy atom. The summed E-state index contributed by atoms with van der Waals surface area (Å²) in [5.41, 5.74) is 1.30. The molecule has 1 saturated carbocycles. The van der Waals surface area contributed by atoms with Gasteiger partial charge in [-0.05, 0) is 49.6 Å². The number of halogens is 1. The van der Waals surface area contributed by atoms with Crippen LogP contribution < -0.4 is 15.4 Å². The van der Waals surface area contributed by atoms with Crippen LogP contribution in [0.25, 0.3) is 10.9 Å². The van der Waals surface area contributed by atoms with E-state index in [0.717, 1.165) is 18.4 Å². The number of hydrogen-bond donors (Lipinski definition) is 2. The lowest BCUT2D eigenvalue weighted by Gasteiger charge is -2.17. The molecule has 1 aliphatic carbocycles. The first-order valence-electron chi connectivity index (χ1n) is 9.28. The summed E-state index contributed by atoms with van der Waals surface area (Å²) >= 11 is 0. The zero-order valence-corrected chi connectivity index (χ0v) is 15.5. The number of carbonyl (C=O) groups is 1. The fourth-order valence-electron chi connectivity index (χ4n) is 2.95. The number of fused-ring (bicyclic) bond motifs is 1. The quantitative estimate of drug-likeness (QED) is 0.655. The van der Waals surface area contributed by atoms with Crippen molar-refractivity contribution >= 4 is 22.6 Å². The highest BCUT2D eigenvalue weighted by Gasteiger charge is 2.23. The number of hydrogen-bond acceptors (Lipinski definition) is 5. The van der Waals surface area contributed by atoms with Gasteiger partial charge in [0.2, 0.25) is 0 Å². The van der Waals surface area contributed by atoms with Crippen molar-refractivity contribution in [3.05, 3.63) is 60.2 Å². The second-order valence-corrected chi connectivity index (χ2v) is 6.92.